The SMILES string of the molecule is CN(CC(=O)NCc1cccc(C(=O)NCc2ccco2)c1)S(=O)(=O)c1ccccc1. The highest BCUT2D eigenvalue weighted by atomic mass is 32.2. The highest BCUT2D eigenvalue weighted by Gasteiger charge is 2.22. The summed E-state index contributed by atoms with van der Waals surface area (Å²) in [5, 5.41) is 5.44. The molecule has 3 rings (SSSR count). The third-order valence-electron chi connectivity index (χ3n) is 4.50. The van der Waals surface area contributed by atoms with Gasteiger partial charge in [0.2, 0.25) is 15.9 Å². The Kier molecular flexibility index (Phi) is 7.22. The number of hydrogen-bond donors (Lipinski definition) is 2. The number of likely N-dealkylation sites (N-methyl/N-ethyl adjacent to an activating group) is 1. The largest absolute Gasteiger partial charge is 0.467 e. The highest BCUT2D eigenvalue weighted by Crippen LogP contribution is 2.13. The zero-order valence-corrected chi connectivity index (χ0v) is 17.8. The molecule has 0 bridgehead atoms. The van der Waals surface area contributed by atoms with E-state index in [1.54, 1.807) is 54.6 Å². The van der Waals surface area contributed by atoms with Crippen molar-refractivity contribution in [3.8, 4) is 0 Å². The summed E-state index contributed by atoms with van der Waals surface area (Å²) in [5.74, 6) is -0.0701. The second kappa shape index (κ2) is 10.1. The van der Waals surface area contributed by atoms with Crippen LogP contribution in [0.25, 0.3) is 0 Å². The van der Waals surface area contributed by atoms with Gasteiger partial charge in [-0.2, -0.15) is 4.31 Å². The molecule has 9 heteroatoms. The van der Waals surface area contributed by atoms with Crippen LogP contribution in [-0.4, -0.2) is 38.1 Å². The molecule has 2 N–H and O–H groups in total. The van der Waals surface area contributed by atoms with E-state index in [1.165, 1.54) is 25.4 Å². The van der Waals surface area contributed by atoms with Crippen LogP contribution in [0.3, 0.4) is 0 Å². The molecule has 1 aromatic heterocycles. The minimum absolute atomic E-state index is 0.124. The van der Waals surface area contributed by atoms with E-state index >= 15 is 0 Å². The molecule has 0 atom stereocenters. The second-order valence-corrected chi connectivity index (χ2v) is 8.86. The molecule has 0 radical (unpaired) electrons. The van der Waals surface area contributed by atoms with Crippen molar-refractivity contribution in [1.82, 2.24) is 14.9 Å². The molecule has 0 aliphatic heterocycles. The quantitative estimate of drug-likeness (QED) is 0.529. The lowest BCUT2D eigenvalue weighted by molar-refractivity contribution is -0.121. The maximum atomic E-state index is 12.5. The molecule has 0 fully saturated rings. The molecule has 8 nitrogen and oxygen atoms in total. The van der Waals surface area contributed by atoms with E-state index in [-0.39, 0.29) is 30.4 Å². The van der Waals surface area contributed by atoms with Crippen LogP contribution in [0.2, 0.25) is 0 Å². The van der Waals surface area contributed by atoms with Crippen molar-refractivity contribution in [2.75, 3.05) is 13.6 Å². The molecule has 0 aliphatic carbocycles. The van der Waals surface area contributed by atoms with Gasteiger partial charge in [0.05, 0.1) is 24.2 Å². The Bertz CT molecular complexity index is 1130. The lowest BCUT2D eigenvalue weighted by Gasteiger charge is -2.17. The van der Waals surface area contributed by atoms with Crippen molar-refractivity contribution in [1.29, 1.82) is 0 Å². The van der Waals surface area contributed by atoms with Crippen molar-refractivity contribution in [3.05, 3.63) is 89.9 Å². The summed E-state index contributed by atoms with van der Waals surface area (Å²) in [6.07, 6.45) is 1.54. The standard InChI is InChI=1S/C22H23N3O5S/c1-25(31(28,29)20-10-3-2-4-11-20)16-21(26)23-14-17-7-5-8-18(13-17)22(27)24-15-19-9-6-12-30-19/h2-13H,14-16H2,1H3,(H,23,26)(H,24,27). The summed E-state index contributed by atoms with van der Waals surface area (Å²) in [6.45, 7) is 0.118. The molecule has 3 aromatic rings. The molecule has 0 unspecified atom stereocenters. The molecule has 0 saturated heterocycles. The van der Waals surface area contributed by atoms with Crippen molar-refractivity contribution in [3.63, 3.8) is 0 Å². The van der Waals surface area contributed by atoms with Gasteiger partial charge in [-0.15, -0.1) is 0 Å². The monoisotopic (exact) mass is 441 g/mol. The lowest BCUT2D eigenvalue weighted by atomic mass is 10.1. The predicted octanol–water partition coefficient (Wildman–Crippen LogP) is 2.15. The molecule has 2 aromatic carbocycles. The number of nitrogens with one attached hydrogen (secondary N) is 2. The first kappa shape index (κ1) is 22.3. The summed E-state index contributed by atoms with van der Waals surface area (Å²) in [4.78, 5) is 24.7. The van der Waals surface area contributed by atoms with Crippen molar-refractivity contribution < 1.29 is 22.4 Å². The van der Waals surface area contributed by atoms with Gasteiger partial charge in [-0.1, -0.05) is 30.3 Å². The van der Waals surface area contributed by atoms with E-state index in [9.17, 15) is 18.0 Å². The Hall–Kier alpha value is -3.43. The summed E-state index contributed by atoms with van der Waals surface area (Å²) >= 11 is 0. The number of benzene rings is 2. The van der Waals surface area contributed by atoms with Crippen LogP contribution in [0, 0.1) is 0 Å². The molecule has 162 valence electrons. The maximum absolute atomic E-state index is 12.5. The van der Waals surface area contributed by atoms with Crippen LogP contribution in [0.1, 0.15) is 21.7 Å². The number of carbonyl (C=O) groups excluding carboxylic acids is 2. The molecule has 2 amide bonds. The summed E-state index contributed by atoms with van der Waals surface area (Å²) < 4.78 is 31.2. The summed E-state index contributed by atoms with van der Waals surface area (Å²) in [6, 6.07) is 18.3. The van der Waals surface area contributed by atoms with Gasteiger partial charge >= 0.3 is 0 Å². The highest BCUT2D eigenvalue weighted by molar-refractivity contribution is 7.89. The number of carbonyl (C=O) groups is 2. The van der Waals surface area contributed by atoms with Crippen LogP contribution in [0.4, 0.5) is 0 Å². The third kappa shape index (κ3) is 6.03. The molecule has 31 heavy (non-hydrogen) atoms. The molecular weight excluding hydrogens is 418 g/mol. The maximum Gasteiger partial charge on any atom is 0.251 e. The Morgan fingerprint density at radius 2 is 1.71 bits per heavy atom. The number of amides is 2. The fourth-order valence-electron chi connectivity index (χ4n) is 2.82. The fourth-order valence-corrected chi connectivity index (χ4v) is 3.97. The number of furan rings is 1. The minimum atomic E-state index is -3.75. The normalized spacial score (nSPS) is 11.3. The van der Waals surface area contributed by atoms with Gasteiger partial charge in [-0.3, -0.25) is 9.59 Å². The summed E-state index contributed by atoms with van der Waals surface area (Å²) in [7, 11) is -2.39. The van der Waals surface area contributed by atoms with Gasteiger partial charge in [-0.05, 0) is 42.0 Å². The van der Waals surface area contributed by atoms with Gasteiger partial charge in [0.25, 0.3) is 5.91 Å². The molecular formula is C22H23N3O5S. The van der Waals surface area contributed by atoms with Gasteiger partial charge in [0.15, 0.2) is 0 Å². The first-order chi connectivity index (χ1) is 14.9. The average molecular weight is 442 g/mol. The average Bonchev–Trinajstić information content (AvgIpc) is 3.30. The first-order valence-corrected chi connectivity index (χ1v) is 11.0. The van der Waals surface area contributed by atoms with Crippen LogP contribution >= 0.6 is 0 Å². The number of hydrogen-bond acceptors (Lipinski definition) is 5. The predicted molar refractivity (Wildman–Crippen MR) is 114 cm³/mol. The smallest absolute Gasteiger partial charge is 0.251 e. The van der Waals surface area contributed by atoms with E-state index in [0.29, 0.717) is 16.9 Å². The van der Waals surface area contributed by atoms with E-state index < -0.39 is 15.9 Å². The molecule has 0 saturated carbocycles. The van der Waals surface area contributed by atoms with Gasteiger partial charge in [-0.25, -0.2) is 8.42 Å². The third-order valence-corrected chi connectivity index (χ3v) is 6.32. The number of rotatable bonds is 9. The van der Waals surface area contributed by atoms with Crippen LogP contribution in [0.5, 0.6) is 0 Å². The Morgan fingerprint density at radius 3 is 2.42 bits per heavy atom. The number of sulfonamides is 1. The zero-order valence-electron chi connectivity index (χ0n) is 16.9. The van der Waals surface area contributed by atoms with Gasteiger partial charge in [0, 0.05) is 19.2 Å². The van der Waals surface area contributed by atoms with E-state index in [0.717, 1.165) is 4.31 Å². The topological polar surface area (TPSA) is 109 Å². The Morgan fingerprint density at radius 1 is 0.935 bits per heavy atom. The first-order valence-electron chi connectivity index (χ1n) is 9.54. The zero-order chi connectivity index (χ0) is 22.3. The minimum Gasteiger partial charge on any atom is -0.467 e. The molecule has 0 aliphatic rings. The van der Waals surface area contributed by atoms with Crippen molar-refractivity contribution >= 4 is 21.8 Å². The van der Waals surface area contributed by atoms with Crippen LogP contribution < -0.4 is 10.6 Å². The van der Waals surface area contributed by atoms with Crippen LogP contribution in [-0.2, 0) is 27.9 Å². The lowest BCUT2D eigenvalue weighted by Crippen LogP contribution is -2.38. The van der Waals surface area contributed by atoms with Crippen molar-refractivity contribution in [2.45, 2.75) is 18.0 Å². The Balaban J connectivity index is 1.53. The fraction of sp³-hybridized carbons (Fsp3) is 0.182. The van der Waals surface area contributed by atoms with Gasteiger partial charge in [0.1, 0.15) is 5.76 Å². The van der Waals surface area contributed by atoms with Gasteiger partial charge < -0.3 is 15.1 Å². The summed E-state index contributed by atoms with van der Waals surface area (Å²) in [5.41, 5.74) is 1.16. The Labute approximate surface area is 180 Å². The molecule has 1 heterocycles. The van der Waals surface area contributed by atoms with E-state index in [4.69, 9.17) is 4.42 Å². The van der Waals surface area contributed by atoms with Crippen LogP contribution in [0.15, 0.2) is 82.3 Å². The molecule has 0 spiro atoms. The number of nitrogens with zero attached hydrogens (tertiary/aromatic N) is 1. The second-order valence-electron chi connectivity index (χ2n) is 6.81. The van der Waals surface area contributed by atoms with E-state index in [2.05, 4.69) is 10.6 Å². The van der Waals surface area contributed by atoms with E-state index in [1.807, 2.05) is 0 Å². The van der Waals surface area contributed by atoms with Crippen molar-refractivity contribution in [2.24, 2.45) is 0 Å².